The van der Waals surface area contributed by atoms with Crippen LogP contribution in [0.15, 0.2) is 29.3 Å². The maximum atomic E-state index is 5.25. The minimum atomic E-state index is 0. The molecule has 23 heavy (non-hydrogen) atoms. The summed E-state index contributed by atoms with van der Waals surface area (Å²) in [6.07, 6.45) is 5.47. The molecule has 6 heteroatoms. The molecule has 0 aliphatic carbocycles. The summed E-state index contributed by atoms with van der Waals surface area (Å²) < 4.78 is 5.25. The molecule has 0 amide bonds. The molecule has 0 atom stereocenters. The van der Waals surface area contributed by atoms with Crippen LogP contribution in [0.4, 0.5) is 0 Å². The second kappa shape index (κ2) is 14.9. The lowest BCUT2D eigenvalue weighted by Gasteiger charge is -2.11. The maximum Gasteiger partial charge on any atom is 0.191 e. The van der Waals surface area contributed by atoms with Crippen molar-refractivity contribution in [1.29, 1.82) is 0 Å². The summed E-state index contributed by atoms with van der Waals surface area (Å²) in [4.78, 5) is 4.61. The van der Waals surface area contributed by atoms with Crippen molar-refractivity contribution >= 4 is 41.7 Å². The number of ether oxygens (including phenoxy) is 1. The molecule has 0 fully saturated rings. The van der Waals surface area contributed by atoms with E-state index in [0.29, 0.717) is 0 Å². The number of methoxy groups -OCH3 is 1. The maximum absolute atomic E-state index is 5.25. The second-order valence-electron chi connectivity index (χ2n) is 4.99. The number of benzene rings is 1. The van der Waals surface area contributed by atoms with E-state index in [1.807, 2.05) is 23.9 Å². The number of aliphatic imine (C=N–C) groups is 1. The van der Waals surface area contributed by atoms with Crippen LogP contribution in [0, 0.1) is 0 Å². The summed E-state index contributed by atoms with van der Waals surface area (Å²) in [5.74, 6) is 3.04. The van der Waals surface area contributed by atoms with Crippen molar-refractivity contribution in [3.63, 3.8) is 0 Å². The molecule has 1 aromatic rings. The number of rotatable bonds is 10. The summed E-state index contributed by atoms with van der Waals surface area (Å²) in [5.41, 5.74) is 1.27. The molecule has 0 radical (unpaired) electrons. The van der Waals surface area contributed by atoms with Crippen LogP contribution < -0.4 is 15.4 Å². The predicted octanol–water partition coefficient (Wildman–Crippen LogP) is 3.55. The molecule has 0 spiro atoms. The lowest BCUT2D eigenvalue weighted by molar-refractivity contribution is 0.414. The molecule has 1 rings (SSSR count). The van der Waals surface area contributed by atoms with Gasteiger partial charge in [-0.25, -0.2) is 0 Å². The van der Waals surface area contributed by atoms with Gasteiger partial charge >= 0.3 is 0 Å². The van der Waals surface area contributed by atoms with Crippen LogP contribution >= 0.6 is 35.7 Å². The van der Waals surface area contributed by atoms with Crippen LogP contribution in [0.5, 0.6) is 5.75 Å². The Balaban J connectivity index is 0.00000484. The number of halogens is 1. The third kappa shape index (κ3) is 10.7. The molecule has 0 aliphatic heterocycles. The van der Waals surface area contributed by atoms with E-state index in [-0.39, 0.29) is 24.0 Å². The van der Waals surface area contributed by atoms with Gasteiger partial charge in [0.05, 0.1) is 7.11 Å². The Bertz CT molecular complexity index is 444. The van der Waals surface area contributed by atoms with Gasteiger partial charge in [-0.2, -0.15) is 11.8 Å². The van der Waals surface area contributed by atoms with Gasteiger partial charge in [0.2, 0.25) is 0 Å². The van der Waals surface area contributed by atoms with Gasteiger partial charge in [0.1, 0.15) is 5.75 Å². The van der Waals surface area contributed by atoms with Gasteiger partial charge in [0.15, 0.2) is 5.96 Å². The quantitative estimate of drug-likeness (QED) is 0.247. The molecule has 0 aliphatic rings. The van der Waals surface area contributed by atoms with E-state index in [4.69, 9.17) is 4.74 Å². The molecule has 0 saturated carbocycles. The molecular formula is C17H30IN3OS. The highest BCUT2D eigenvalue weighted by atomic mass is 127. The lowest BCUT2D eigenvalue weighted by atomic mass is 10.1. The fourth-order valence-corrected chi connectivity index (χ4v) is 2.54. The van der Waals surface area contributed by atoms with E-state index in [0.717, 1.165) is 44.2 Å². The highest BCUT2D eigenvalue weighted by Crippen LogP contribution is 2.12. The van der Waals surface area contributed by atoms with Crippen molar-refractivity contribution in [2.45, 2.75) is 26.2 Å². The third-order valence-corrected chi connectivity index (χ3v) is 3.91. The van der Waals surface area contributed by atoms with Crippen LogP contribution in [0.2, 0.25) is 0 Å². The Morgan fingerprint density at radius 2 is 2.09 bits per heavy atom. The molecule has 0 heterocycles. The normalized spacial score (nSPS) is 10.8. The molecule has 132 valence electrons. The van der Waals surface area contributed by atoms with Crippen molar-refractivity contribution in [3.05, 3.63) is 29.8 Å². The minimum absolute atomic E-state index is 0. The molecule has 0 bridgehead atoms. The van der Waals surface area contributed by atoms with Crippen LogP contribution in [-0.2, 0) is 6.42 Å². The molecule has 2 N–H and O–H groups in total. The zero-order chi connectivity index (χ0) is 16.0. The number of hydrogen-bond donors (Lipinski definition) is 2. The minimum Gasteiger partial charge on any atom is -0.497 e. The Morgan fingerprint density at radius 1 is 1.26 bits per heavy atom. The van der Waals surface area contributed by atoms with Gasteiger partial charge in [-0.1, -0.05) is 12.1 Å². The molecule has 0 saturated heterocycles. The average molecular weight is 451 g/mol. The van der Waals surface area contributed by atoms with Crippen molar-refractivity contribution in [1.82, 2.24) is 10.6 Å². The summed E-state index contributed by atoms with van der Waals surface area (Å²) in [6.45, 7) is 4.72. The van der Waals surface area contributed by atoms with E-state index in [1.165, 1.54) is 17.7 Å². The first-order valence-electron chi connectivity index (χ1n) is 7.94. The summed E-state index contributed by atoms with van der Waals surface area (Å²) >= 11 is 1.90. The van der Waals surface area contributed by atoms with E-state index < -0.39 is 0 Å². The Morgan fingerprint density at radius 3 is 2.78 bits per heavy atom. The zero-order valence-corrected chi connectivity index (χ0v) is 17.6. The smallest absolute Gasteiger partial charge is 0.191 e. The monoisotopic (exact) mass is 451 g/mol. The largest absolute Gasteiger partial charge is 0.497 e. The van der Waals surface area contributed by atoms with E-state index in [9.17, 15) is 0 Å². The number of unbranched alkanes of at least 4 members (excludes halogenated alkanes) is 1. The van der Waals surface area contributed by atoms with Gasteiger partial charge in [0.25, 0.3) is 0 Å². The fraction of sp³-hybridized carbons (Fsp3) is 0.588. The Labute approximate surface area is 162 Å². The van der Waals surface area contributed by atoms with Crippen molar-refractivity contribution < 1.29 is 4.74 Å². The highest BCUT2D eigenvalue weighted by Gasteiger charge is 1.99. The summed E-state index contributed by atoms with van der Waals surface area (Å²) in [7, 11) is 1.70. The summed E-state index contributed by atoms with van der Waals surface area (Å²) in [5, 5.41) is 6.68. The van der Waals surface area contributed by atoms with E-state index >= 15 is 0 Å². The first-order chi connectivity index (χ1) is 10.8. The number of nitrogens with one attached hydrogen (secondary N) is 2. The second-order valence-corrected chi connectivity index (χ2v) is 5.97. The van der Waals surface area contributed by atoms with Crippen LogP contribution in [-0.4, -0.2) is 44.7 Å². The van der Waals surface area contributed by atoms with Crippen LogP contribution in [0.3, 0.4) is 0 Å². The van der Waals surface area contributed by atoms with Gasteiger partial charge in [0, 0.05) is 19.6 Å². The van der Waals surface area contributed by atoms with Crippen molar-refractivity contribution in [2.75, 3.05) is 38.8 Å². The van der Waals surface area contributed by atoms with Crippen LogP contribution in [0.25, 0.3) is 0 Å². The van der Waals surface area contributed by atoms with Gasteiger partial charge < -0.3 is 15.4 Å². The first-order valence-corrected chi connectivity index (χ1v) is 9.33. The topological polar surface area (TPSA) is 45.7 Å². The number of thioether (sulfide) groups is 1. The molecule has 0 aromatic heterocycles. The summed E-state index contributed by atoms with van der Waals surface area (Å²) in [6, 6.07) is 8.20. The lowest BCUT2D eigenvalue weighted by Crippen LogP contribution is -2.38. The fourth-order valence-electron chi connectivity index (χ4n) is 2.04. The van der Waals surface area contributed by atoms with Gasteiger partial charge in [-0.05, 0) is 55.9 Å². The number of guanidine groups is 1. The van der Waals surface area contributed by atoms with Gasteiger partial charge in [-0.3, -0.25) is 4.99 Å². The van der Waals surface area contributed by atoms with Gasteiger partial charge in [-0.15, -0.1) is 24.0 Å². The zero-order valence-electron chi connectivity index (χ0n) is 14.4. The average Bonchev–Trinajstić information content (AvgIpc) is 2.55. The van der Waals surface area contributed by atoms with Crippen molar-refractivity contribution in [3.8, 4) is 5.75 Å². The Kier molecular flexibility index (Phi) is 14.5. The first kappa shape index (κ1) is 22.4. The third-order valence-electron chi connectivity index (χ3n) is 3.21. The standard InChI is InChI=1S/C17H29N3OS.HI/c1-4-18-17(19-11-5-6-13-22-3)20-12-10-15-8-7-9-16(14-15)21-2;/h7-9,14H,4-6,10-13H2,1-3H3,(H2,18,19,20);1H. The van der Waals surface area contributed by atoms with E-state index in [1.54, 1.807) is 7.11 Å². The molecular weight excluding hydrogens is 421 g/mol. The van der Waals surface area contributed by atoms with E-state index in [2.05, 4.69) is 40.9 Å². The van der Waals surface area contributed by atoms with Crippen molar-refractivity contribution in [2.24, 2.45) is 4.99 Å². The molecule has 1 aromatic carbocycles. The number of nitrogens with zero attached hydrogens (tertiary/aromatic N) is 1. The van der Waals surface area contributed by atoms with Crippen LogP contribution in [0.1, 0.15) is 25.3 Å². The highest BCUT2D eigenvalue weighted by molar-refractivity contribution is 14.0. The molecule has 0 unspecified atom stereocenters. The Hall–Kier alpha value is -0.630. The molecule has 4 nitrogen and oxygen atoms in total. The number of hydrogen-bond acceptors (Lipinski definition) is 3. The SMILES string of the molecule is CCNC(=NCCCCSC)NCCc1cccc(OC)c1.I. The predicted molar refractivity (Wildman–Crippen MR) is 114 cm³/mol.